The molecule has 0 aliphatic carbocycles. The van der Waals surface area contributed by atoms with E-state index >= 15 is 0 Å². The summed E-state index contributed by atoms with van der Waals surface area (Å²) in [6, 6.07) is 14.5. The predicted molar refractivity (Wildman–Crippen MR) is 84.9 cm³/mol. The minimum Gasteiger partial charge on any atom is -0.309 e. The average Bonchev–Trinajstić information content (AvgIpc) is 3.00. The standard InChI is InChI=1S/C17H20N2S/c1-13(15-7-4-6-14(10-15)11-18)19-12-17(2,3)16-8-5-9-20-16/h4-10,13,19H,12H2,1-3H3. The van der Waals surface area contributed by atoms with Gasteiger partial charge in [-0.3, -0.25) is 0 Å². The summed E-state index contributed by atoms with van der Waals surface area (Å²) in [5.41, 5.74) is 2.00. The molecule has 0 amide bonds. The average molecular weight is 284 g/mol. The molecule has 1 atom stereocenters. The molecule has 104 valence electrons. The lowest BCUT2D eigenvalue weighted by Crippen LogP contribution is -2.33. The lowest BCUT2D eigenvalue weighted by molar-refractivity contribution is 0.441. The minimum atomic E-state index is 0.120. The van der Waals surface area contributed by atoms with E-state index in [-0.39, 0.29) is 11.5 Å². The smallest absolute Gasteiger partial charge is 0.0991 e. The molecule has 1 aromatic heterocycles. The highest BCUT2D eigenvalue weighted by atomic mass is 32.1. The van der Waals surface area contributed by atoms with Crippen LogP contribution < -0.4 is 5.32 Å². The van der Waals surface area contributed by atoms with Gasteiger partial charge >= 0.3 is 0 Å². The first-order chi connectivity index (χ1) is 9.53. The van der Waals surface area contributed by atoms with Crippen LogP contribution in [0, 0.1) is 11.3 Å². The summed E-state index contributed by atoms with van der Waals surface area (Å²) in [5.74, 6) is 0. The van der Waals surface area contributed by atoms with Gasteiger partial charge in [0.05, 0.1) is 11.6 Å². The topological polar surface area (TPSA) is 35.8 Å². The predicted octanol–water partition coefficient (Wildman–Crippen LogP) is 4.25. The number of benzene rings is 1. The first-order valence-electron chi connectivity index (χ1n) is 6.80. The van der Waals surface area contributed by atoms with Crippen LogP contribution in [0.3, 0.4) is 0 Å². The fourth-order valence-electron chi connectivity index (χ4n) is 2.15. The van der Waals surface area contributed by atoms with E-state index in [4.69, 9.17) is 5.26 Å². The van der Waals surface area contributed by atoms with E-state index in [0.29, 0.717) is 5.56 Å². The van der Waals surface area contributed by atoms with Gasteiger partial charge in [-0.15, -0.1) is 11.3 Å². The zero-order chi connectivity index (χ0) is 14.6. The largest absolute Gasteiger partial charge is 0.309 e. The third-order valence-electron chi connectivity index (χ3n) is 3.55. The highest BCUT2D eigenvalue weighted by molar-refractivity contribution is 7.10. The molecule has 2 nitrogen and oxygen atoms in total. The van der Waals surface area contributed by atoms with Crippen molar-refractivity contribution in [2.75, 3.05) is 6.54 Å². The molecular weight excluding hydrogens is 264 g/mol. The lowest BCUT2D eigenvalue weighted by Gasteiger charge is -2.26. The van der Waals surface area contributed by atoms with Gasteiger partial charge < -0.3 is 5.32 Å². The van der Waals surface area contributed by atoms with Gasteiger partial charge in [-0.1, -0.05) is 32.0 Å². The summed E-state index contributed by atoms with van der Waals surface area (Å²) in [6.45, 7) is 7.56. The minimum absolute atomic E-state index is 0.120. The number of rotatable bonds is 5. The van der Waals surface area contributed by atoms with Gasteiger partial charge in [0, 0.05) is 22.9 Å². The Morgan fingerprint density at radius 2 is 2.10 bits per heavy atom. The van der Waals surface area contributed by atoms with E-state index < -0.39 is 0 Å². The molecule has 1 heterocycles. The van der Waals surface area contributed by atoms with Crippen molar-refractivity contribution in [3.63, 3.8) is 0 Å². The van der Waals surface area contributed by atoms with Crippen LogP contribution in [0.1, 0.15) is 42.8 Å². The van der Waals surface area contributed by atoms with Crippen LogP contribution >= 0.6 is 11.3 Å². The van der Waals surface area contributed by atoms with Crippen molar-refractivity contribution in [2.24, 2.45) is 0 Å². The monoisotopic (exact) mass is 284 g/mol. The van der Waals surface area contributed by atoms with Crippen molar-refractivity contribution in [2.45, 2.75) is 32.2 Å². The van der Waals surface area contributed by atoms with Crippen molar-refractivity contribution >= 4 is 11.3 Å². The van der Waals surface area contributed by atoms with Gasteiger partial charge in [-0.05, 0) is 36.1 Å². The molecule has 2 aromatic rings. The fraction of sp³-hybridized carbons (Fsp3) is 0.353. The first kappa shape index (κ1) is 14.8. The Kier molecular flexibility index (Phi) is 4.59. The Labute approximate surface area is 125 Å². The second-order valence-corrected chi connectivity index (χ2v) is 6.65. The number of hydrogen-bond donors (Lipinski definition) is 1. The number of nitrogens with zero attached hydrogens (tertiary/aromatic N) is 1. The van der Waals surface area contributed by atoms with Gasteiger partial charge in [0.2, 0.25) is 0 Å². The zero-order valence-corrected chi connectivity index (χ0v) is 13.0. The molecule has 3 heteroatoms. The molecule has 20 heavy (non-hydrogen) atoms. The van der Waals surface area contributed by atoms with Crippen LogP contribution in [0.25, 0.3) is 0 Å². The normalized spacial score (nSPS) is 12.9. The van der Waals surface area contributed by atoms with Crippen LogP contribution in [0.5, 0.6) is 0 Å². The Morgan fingerprint density at radius 1 is 1.30 bits per heavy atom. The molecule has 0 fully saturated rings. The fourth-order valence-corrected chi connectivity index (χ4v) is 3.01. The number of hydrogen-bond acceptors (Lipinski definition) is 3. The molecule has 0 spiro atoms. The number of thiophene rings is 1. The summed E-state index contributed by atoms with van der Waals surface area (Å²) >= 11 is 1.80. The highest BCUT2D eigenvalue weighted by Crippen LogP contribution is 2.27. The van der Waals surface area contributed by atoms with Gasteiger partial charge in [0.25, 0.3) is 0 Å². The van der Waals surface area contributed by atoms with Crippen molar-refractivity contribution in [1.82, 2.24) is 5.32 Å². The molecular formula is C17H20N2S. The number of nitrogens with one attached hydrogen (secondary N) is 1. The molecule has 0 aliphatic heterocycles. The van der Waals surface area contributed by atoms with Crippen molar-refractivity contribution in [3.05, 3.63) is 57.8 Å². The first-order valence-corrected chi connectivity index (χ1v) is 7.68. The van der Waals surface area contributed by atoms with E-state index in [1.807, 2.05) is 18.2 Å². The van der Waals surface area contributed by atoms with E-state index in [1.165, 1.54) is 4.88 Å². The molecule has 0 aliphatic rings. The zero-order valence-electron chi connectivity index (χ0n) is 12.2. The van der Waals surface area contributed by atoms with Crippen LogP contribution in [0.2, 0.25) is 0 Å². The Bertz CT molecular complexity index is 594. The van der Waals surface area contributed by atoms with Gasteiger partial charge in [0.1, 0.15) is 0 Å². The summed E-state index contributed by atoms with van der Waals surface area (Å²) in [4.78, 5) is 1.39. The molecule has 1 unspecified atom stereocenters. The van der Waals surface area contributed by atoms with E-state index in [1.54, 1.807) is 11.3 Å². The summed E-state index contributed by atoms with van der Waals surface area (Å²) in [7, 11) is 0. The third kappa shape index (κ3) is 3.47. The van der Waals surface area contributed by atoms with Crippen LogP contribution in [-0.4, -0.2) is 6.54 Å². The molecule has 2 rings (SSSR count). The summed E-state index contributed by atoms with van der Waals surface area (Å²) in [5, 5.41) is 14.7. The SMILES string of the molecule is CC(NCC(C)(C)c1cccs1)c1cccc(C#N)c1. The Balaban J connectivity index is 2.02. The molecule has 1 aromatic carbocycles. The van der Waals surface area contributed by atoms with Gasteiger partial charge in [-0.2, -0.15) is 5.26 Å². The molecule has 0 bridgehead atoms. The van der Waals surface area contributed by atoms with Crippen LogP contribution in [-0.2, 0) is 5.41 Å². The molecule has 0 radical (unpaired) electrons. The van der Waals surface area contributed by atoms with Crippen molar-refractivity contribution in [1.29, 1.82) is 5.26 Å². The van der Waals surface area contributed by atoms with E-state index in [2.05, 4.69) is 55.7 Å². The maximum atomic E-state index is 8.96. The Hall–Kier alpha value is -1.63. The van der Waals surface area contributed by atoms with Gasteiger partial charge in [0.15, 0.2) is 0 Å². The number of nitriles is 1. The second kappa shape index (κ2) is 6.21. The molecule has 0 saturated carbocycles. The molecule has 0 saturated heterocycles. The van der Waals surface area contributed by atoms with Crippen LogP contribution in [0.4, 0.5) is 0 Å². The van der Waals surface area contributed by atoms with E-state index in [0.717, 1.165) is 12.1 Å². The quantitative estimate of drug-likeness (QED) is 0.891. The third-order valence-corrected chi connectivity index (χ3v) is 4.79. The highest BCUT2D eigenvalue weighted by Gasteiger charge is 2.22. The Morgan fingerprint density at radius 3 is 2.75 bits per heavy atom. The van der Waals surface area contributed by atoms with Crippen molar-refractivity contribution in [3.8, 4) is 6.07 Å². The summed E-state index contributed by atoms with van der Waals surface area (Å²) in [6.07, 6.45) is 0. The van der Waals surface area contributed by atoms with Crippen molar-refractivity contribution < 1.29 is 0 Å². The van der Waals surface area contributed by atoms with Crippen LogP contribution in [0.15, 0.2) is 41.8 Å². The second-order valence-electron chi connectivity index (χ2n) is 5.70. The maximum Gasteiger partial charge on any atom is 0.0991 e. The van der Waals surface area contributed by atoms with E-state index in [9.17, 15) is 0 Å². The summed E-state index contributed by atoms with van der Waals surface area (Å²) < 4.78 is 0. The molecule has 1 N–H and O–H groups in total. The lowest BCUT2D eigenvalue weighted by atomic mass is 9.91. The van der Waals surface area contributed by atoms with Gasteiger partial charge in [-0.25, -0.2) is 0 Å². The maximum absolute atomic E-state index is 8.96.